The number of amides is 2. The molecular weight excluding hydrogens is 432 g/mol. The number of phenolic OH excluding ortho intramolecular Hbond substituents is 1. The first-order valence-electron chi connectivity index (χ1n) is 13.3. The van der Waals surface area contributed by atoms with Crippen LogP contribution in [-0.2, 0) is 23.7 Å². The highest BCUT2D eigenvalue weighted by Gasteiger charge is 2.26. The third-order valence-corrected chi connectivity index (χ3v) is 6.67. The molecule has 0 heterocycles. The molecule has 0 aliphatic carbocycles. The molecule has 0 aromatic heterocycles. The average molecular weight is 481 g/mol. The Bertz CT molecular complexity index is 932. The maximum absolute atomic E-state index is 12.8. The molecule has 0 spiro atoms. The lowest BCUT2D eigenvalue weighted by molar-refractivity contribution is 0.221. The molecule has 35 heavy (non-hydrogen) atoms. The van der Waals surface area contributed by atoms with Gasteiger partial charge in [0.2, 0.25) is 0 Å². The van der Waals surface area contributed by atoms with Gasteiger partial charge in [-0.25, -0.2) is 4.79 Å². The molecule has 2 aromatic carbocycles. The highest BCUT2D eigenvalue weighted by Crippen LogP contribution is 2.40. The zero-order valence-corrected chi connectivity index (χ0v) is 23.4. The topological polar surface area (TPSA) is 52.6 Å². The number of aromatic hydroxyl groups is 1. The number of anilines is 1. The number of para-hydroxylation sites is 1. The SMILES string of the molecule is CCCCCCCN(C)C(=O)Nc1ccccc1CCc1cc(C(C)(C)C)c(O)c(C(C)(C)C)c1. The highest BCUT2D eigenvalue weighted by atomic mass is 16.3. The van der Waals surface area contributed by atoms with Gasteiger partial charge in [-0.15, -0.1) is 0 Å². The summed E-state index contributed by atoms with van der Waals surface area (Å²) in [6, 6.07) is 12.3. The van der Waals surface area contributed by atoms with Crippen LogP contribution in [0, 0.1) is 0 Å². The summed E-state index contributed by atoms with van der Waals surface area (Å²) in [5.41, 5.74) is 4.90. The molecule has 0 radical (unpaired) electrons. The number of unbranched alkanes of at least 4 members (excludes halogenated alkanes) is 4. The lowest BCUT2D eigenvalue weighted by Gasteiger charge is -2.28. The van der Waals surface area contributed by atoms with Crippen LogP contribution in [0.1, 0.15) is 103 Å². The van der Waals surface area contributed by atoms with E-state index in [4.69, 9.17) is 0 Å². The monoisotopic (exact) mass is 480 g/mol. The van der Waals surface area contributed by atoms with Crippen LogP contribution >= 0.6 is 0 Å². The van der Waals surface area contributed by atoms with E-state index in [1.807, 2.05) is 25.2 Å². The van der Waals surface area contributed by atoms with E-state index in [1.54, 1.807) is 4.90 Å². The molecule has 2 amide bonds. The van der Waals surface area contributed by atoms with Crippen LogP contribution in [0.2, 0.25) is 0 Å². The number of hydrogen-bond donors (Lipinski definition) is 2. The number of carbonyl (C=O) groups excluding carboxylic acids is 1. The summed E-state index contributed by atoms with van der Waals surface area (Å²) in [6.45, 7) is 15.8. The first kappa shape index (κ1) is 28.7. The number of hydrogen-bond acceptors (Lipinski definition) is 2. The van der Waals surface area contributed by atoms with Crippen molar-refractivity contribution >= 4 is 11.7 Å². The normalized spacial score (nSPS) is 12.0. The minimum absolute atomic E-state index is 0.0531. The molecule has 0 aliphatic heterocycles. The second kappa shape index (κ2) is 12.5. The van der Waals surface area contributed by atoms with Gasteiger partial charge in [0.1, 0.15) is 5.75 Å². The zero-order valence-electron chi connectivity index (χ0n) is 23.4. The third kappa shape index (κ3) is 8.59. The number of nitrogens with zero attached hydrogens (tertiary/aromatic N) is 1. The van der Waals surface area contributed by atoms with Crippen molar-refractivity contribution in [3.63, 3.8) is 0 Å². The Morgan fingerprint density at radius 2 is 1.46 bits per heavy atom. The fraction of sp³-hybridized carbons (Fsp3) is 0.581. The van der Waals surface area contributed by atoms with Gasteiger partial charge in [0.25, 0.3) is 0 Å². The standard InChI is InChI=1S/C31H48N2O2/c1-9-10-11-12-15-20-33(8)29(35)32-27-17-14-13-16-24(27)19-18-23-21-25(30(2,3)4)28(34)26(22-23)31(5,6)7/h13-14,16-17,21-22,34H,9-12,15,18-20H2,1-8H3,(H,32,35). The Kier molecular flexibility index (Phi) is 10.2. The van der Waals surface area contributed by atoms with E-state index < -0.39 is 0 Å². The van der Waals surface area contributed by atoms with Crippen LogP contribution in [-0.4, -0.2) is 29.6 Å². The van der Waals surface area contributed by atoms with E-state index in [9.17, 15) is 9.90 Å². The summed E-state index contributed by atoms with van der Waals surface area (Å²) in [7, 11) is 1.87. The van der Waals surface area contributed by atoms with E-state index in [0.717, 1.165) is 48.2 Å². The Labute approximate surface area is 214 Å². The largest absolute Gasteiger partial charge is 0.507 e. The molecule has 0 aliphatic rings. The second-order valence-electron chi connectivity index (χ2n) is 12.0. The van der Waals surface area contributed by atoms with Crippen molar-refractivity contribution in [2.45, 2.75) is 104 Å². The Morgan fingerprint density at radius 3 is 2.03 bits per heavy atom. The minimum atomic E-state index is -0.146. The van der Waals surface area contributed by atoms with Crippen LogP contribution in [0.15, 0.2) is 36.4 Å². The van der Waals surface area contributed by atoms with Crippen LogP contribution in [0.3, 0.4) is 0 Å². The van der Waals surface area contributed by atoms with Crippen molar-refractivity contribution in [1.29, 1.82) is 0 Å². The summed E-state index contributed by atoms with van der Waals surface area (Å²) in [6.07, 6.45) is 7.59. The third-order valence-electron chi connectivity index (χ3n) is 6.67. The quantitative estimate of drug-likeness (QED) is 0.337. The van der Waals surface area contributed by atoms with E-state index in [2.05, 4.69) is 72.0 Å². The van der Waals surface area contributed by atoms with Gasteiger partial charge in [0.05, 0.1) is 0 Å². The summed E-state index contributed by atoms with van der Waals surface area (Å²) < 4.78 is 0. The van der Waals surface area contributed by atoms with Crippen LogP contribution < -0.4 is 5.32 Å². The van der Waals surface area contributed by atoms with Crippen LogP contribution in [0.5, 0.6) is 5.75 Å². The van der Waals surface area contributed by atoms with Gasteiger partial charge in [-0.3, -0.25) is 0 Å². The molecule has 4 nitrogen and oxygen atoms in total. The Morgan fingerprint density at radius 1 is 0.886 bits per heavy atom. The summed E-state index contributed by atoms with van der Waals surface area (Å²) in [5.74, 6) is 0.416. The molecule has 0 unspecified atom stereocenters. The average Bonchev–Trinajstić information content (AvgIpc) is 2.77. The lowest BCUT2D eigenvalue weighted by atomic mass is 9.78. The molecule has 2 rings (SSSR count). The predicted molar refractivity (Wildman–Crippen MR) is 150 cm³/mol. The van der Waals surface area contributed by atoms with Crippen molar-refractivity contribution in [2.24, 2.45) is 0 Å². The smallest absolute Gasteiger partial charge is 0.321 e. The molecular formula is C31H48N2O2. The van der Waals surface area contributed by atoms with E-state index in [0.29, 0.717) is 5.75 Å². The van der Waals surface area contributed by atoms with Gasteiger partial charge >= 0.3 is 6.03 Å². The highest BCUT2D eigenvalue weighted by molar-refractivity contribution is 5.90. The van der Waals surface area contributed by atoms with Crippen molar-refractivity contribution in [1.82, 2.24) is 4.90 Å². The van der Waals surface area contributed by atoms with Gasteiger partial charge in [0, 0.05) is 19.3 Å². The molecule has 2 aromatic rings. The fourth-order valence-electron chi connectivity index (χ4n) is 4.39. The van der Waals surface area contributed by atoms with Crippen molar-refractivity contribution < 1.29 is 9.90 Å². The number of nitrogens with one attached hydrogen (secondary N) is 1. The fourth-order valence-corrected chi connectivity index (χ4v) is 4.39. The second-order valence-corrected chi connectivity index (χ2v) is 12.0. The maximum atomic E-state index is 12.8. The minimum Gasteiger partial charge on any atom is -0.507 e. The van der Waals surface area contributed by atoms with Gasteiger partial charge in [-0.05, 0) is 58.4 Å². The summed E-state index contributed by atoms with van der Waals surface area (Å²) in [5, 5.41) is 14.1. The summed E-state index contributed by atoms with van der Waals surface area (Å²) in [4.78, 5) is 14.6. The van der Waals surface area contributed by atoms with Crippen LogP contribution in [0.25, 0.3) is 0 Å². The zero-order chi connectivity index (χ0) is 26.2. The predicted octanol–water partition coefficient (Wildman–Crippen LogP) is 8.21. The lowest BCUT2D eigenvalue weighted by Crippen LogP contribution is -2.32. The van der Waals surface area contributed by atoms with Crippen LogP contribution in [0.4, 0.5) is 10.5 Å². The number of benzene rings is 2. The Balaban J connectivity index is 2.14. The molecule has 0 bridgehead atoms. The van der Waals surface area contributed by atoms with Gasteiger partial charge in [-0.1, -0.05) is 104 Å². The van der Waals surface area contributed by atoms with Crippen molar-refractivity contribution in [2.75, 3.05) is 18.9 Å². The molecule has 0 fully saturated rings. The molecule has 194 valence electrons. The van der Waals surface area contributed by atoms with Gasteiger partial charge in [-0.2, -0.15) is 0 Å². The number of rotatable bonds is 10. The van der Waals surface area contributed by atoms with Crippen molar-refractivity contribution in [3.05, 3.63) is 58.7 Å². The number of urea groups is 1. The van der Waals surface area contributed by atoms with E-state index in [-0.39, 0.29) is 16.9 Å². The maximum Gasteiger partial charge on any atom is 0.321 e. The van der Waals surface area contributed by atoms with Gasteiger partial charge in [0.15, 0.2) is 0 Å². The molecule has 4 heteroatoms. The van der Waals surface area contributed by atoms with Gasteiger partial charge < -0.3 is 15.3 Å². The Hall–Kier alpha value is -2.49. The molecule has 0 saturated carbocycles. The number of carbonyl (C=O) groups is 1. The van der Waals surface area contributed by atoms with Crippen molar-refractivity contribution in [3.8, 4) is 5.75 Å². The number of aryl methyl sites for hydroxylation is 2. The summed E-state index contributed by atoms with van der Waals surface area (Å²) >= 11 is 0. The van der Waals surface area contributed by atoms with E-state index in [1.165, 1.54) is 31.2 Å². The first-order valence-corrected chi connectivity index (χ1v) is 13.3. The first-order chi connectivity index (χ1) is 16.3. The molecule has 2 N–H and O–H groups in total. The van der Waals surface area contributed by atoms with E-state index >= 15 is 0 Å². The number of phenols is 1. The molecule has 0 saturated heterocycles. The molecule has 0 atom stereocenters.